The van der Waals surface area contributed by atoms with Gasteiger partial charge in [-0.1, -0.05) is 24.8 Å². The predicted molar refractivity (Wildman–Crippen MR) is 152 cm³/mol. The normalized spacial score (nSPS) is 11.8. The highest BCUT2D eigenvalue weighted by molar-refractivity contribution is 6.03. The van der Waals surface area contributed by atoms with Gasteiger partial charge in [-0.25, -0.2) is 15.0 Å². The average molecular weight is 555 g/mol. The Bertz CT molecular complexity index is 1370. The van der Waals surface area contributed by atoms with Crippen molar-refractivity contribution >= 4 is 29.1 Å². The highest BCUT2D eigenvalue weighted by Gasteiger charge is 2.29. The van der Waals surface area contributed by atoms with E-state index in [0.717, 1.165) is 24.2 Å². The number of aryl methyl sites for hydroxylation is 1. The molecule has 12 heteroatoms. The Morgan fingerprint density at radius 2 is 1.82 bits per heavy atom. The zero-order chi connectivity index (χ0) is 29.4. The van der Waals surface area contributed by atoms with Crippen LogP contribution in [0.3, 0.4) is 0 Å². The van der Waals surface area contributed by atoms with Crippen molar-refractivity contribution in [3.05, 3.63) is 89.4 Å². The molecule has 0 atom stereocenters. The molecule has 2 aromatic carbocycles. The number of likely N-dealkylation sites (N-methyl/N-ethyl adjacent to an activating group) is 2. The molecule has 0 radical (unpaired) electrons. The molecular formula is C28H33F3N8O. The summed E-state index contributed by atoms with van der Waals surface area (Å²) in [6.07, 6.45) is -1.33. The van der Waals surface area contributed by atoms with Crippen LogP contribution in [0.5, 0.6) is 0 Å². The van der Waals surface area contributed by atoms with Gasteiger partial charge in [0.15, 0.2) is 5.84 Å². The number of amides is 1. The van der Waals surface area contributed by atoms with Gasteiger partial charge in [0.25, 0.3) is 5.91 Å². The van der Waals surface area contributed by atoms with Crippen molar-refractivity contribution in [1.82, 2.24) is 20.2 Å². The maximum Gasteiger partial charge on any atom is 0.416 e. The minimum Gasteiger partial charge on any atom is -0.382 e. The first-order valence-corrected chi connectivity index (χ1v) is 12.4. The van der Waals surface area contributed by atoms with Crippen molar-refractivity contribution in [1.29, 1.82) is 0 Å². The van der Waals surface area contributed by atoms with E-state index < -0.39 is 17.6 Å². The molecule has 0 saturated carbocycles. The molecule has 3 rings (SSSR count). The van der Waals surface area contributed by atoms with Crippen LogP contribution in [0.4, 0.5) is 30.5 Å². The Labute approximate surface area is 231 Å². The number of nitrogens with one attached hydrogen (secondary N) is 2. The molecule has 3 aromatic rings. The highest BCUT2D eigenvalue weighted by atomic mass is 19.4. The first-order valence-electron chi connectivity index (χ1n) is 12.4. The van der Waals surface area contributed by atoms with Crippen molar-refractivity contribution in [3.63, 3.8) is 0 Å². The number of amidine groups is 1. The zero-order valence-electron chi connectivity index (χ0n) is 22.9. The number of aromatic nitrogens is 2. The Balaban J connectivity index is 1.82. The van der Waals surface area contributed by atoms with E-state index in [-0.39, 0.29) is 12.4 Å². The SMILES string of the molecule is C=CNc1cnc(N(C)CCN(C)C)nc1C(N)=Nc1cc(C(=O)NCc2ccc(C(F)(F)F)cc2)ccc1C. The van der Waals surface area contributed by atoms with Gasteiger partial charge in [-0.15, -0.1) is 0 Å². The number of carbonyl (C=O) groups excluding carboxylic acids is 1. The second kappa shape index (κ2) is 13.1. The Hall–Kier alpha value is -4.45. The molecule has 0 unspecified atom stereocenters. The van der Waals surface area contributed by atoms with Gasteiger partial charge < -0.3 is 26.2 Å². The third-order valence-electron chi connectivity index (χ3n) is 5.95. The van der Waals surface area contributed by atoms with Gasteiger partial charge in [0.05, 0.1) is 23.1 Å². The summed E-state index contributed by atoms with van der Waals surface area (Å²) < 4.78 is 38.4. The smallest absolute Gasteiger partial charge is 0.382 e. The molecule has 9 nitrogen and oxygen atoms in total. The van der Waals surface area contributed by atoms with Gasteiger partial charge in [0.2, 0.25) is 5.95 Å². The number of hydrogen-bond donors (Lipinski definition) is 3. The van der Waals surface area contributed by atoms with Crippen molar-refractivity contribution in [2.75, 3.05) is 44.4 Å². The molecule has 1 amide bonds. The topological polar surface area (TPSA) is 112 Å². The first kappa shape index (κ1) is 30.1. The van der Waals surface area contributed by atoms with Crippen LogP contribution >= 0.6 is 0 Å². The summed E-state index contributed by atoms with van der Waals surface area (Å²) in [5, 5.41) is 5.69. The first-order chi connectivity index (χ1) is 18.9. The fraction of sp³-hybridized carbons (Fsp3) is 0.286. The zero-order valence-corrected chi connectivity index (χ0v) is 22.9. The molecule has 0 saturated heterocycles. The van der Waals surface area contributed by atoms with Crippen LogP contribution in [-0.4, -0.2) is 60.8 Å². The van der Waals surface area contributed by atoms with Crippen LogP contribution in [0.15, 0.2) is 66.4 Å². The van der Waals surface area contributed by atoms with Gasteiger partial charge in [-0.05, 0) is 62.6 Å². The molecule has 1 aromatic heterocycles. The van der Waals surface area contributed by atoms with Crippen molar-refractivity contribution < 1.29 is 18.0 Å². The lowest BCUT2D eigenvalue weighted by Crippen LogP contribution is -2.30. The van der Waals surface area contributed by atoms with Gasteiger partial charge >= 0.3 is 6.18 Å². The Morgan fingerprint density at radius 1 is 1.12 bits per heavy atom. The summed E-state index contributed by atoms with van der Waals surface area (Å²) in [7, 11) is 5.84. The molecule has 1 heterocycles. The van der Waals surface area contributed by atoms with Crippen LogP contribution < -0.4 is 21.3 Å². The number of nitrogens with zero attached hydrogens (tertiary/aromatic N) is 5. The maximum atomic E-state index is 12.8. The lowest BCUT2D eigenvalue weighted by Gasteiger charge is -2.20. The third kappa shape index (κ3) is 8.03. The molecule has 4 N–H and O–H groups in total. The standard InChI is InChI=1S/C28H33F3N8O/c1-6-33-23-17-35-27(39(5)14-13-38(3)4)37-24(23)25(32)36-22-15-20(10-7-18(22)2)26(40)34-16-19-8-11-21(12-9-19)28(29,30)31/h6-12,15,17,33H,1,13-14,16H2,2-5H3,(H2,32,36)(H,34,40). The third-order valence-corrected chi connectivity index (χ3v) is 5.95. The fourth-order valence-electron chi connectivity index (χ4n) is 3.57. The molecule has 0 fully saturated rings. The largest absolute Gasteiger partial charge is 0.416 e. The van der Waals surface area contributed by atoms with Gasteiger partial charge in [0.1, 0.15) is 5.69 Å². The van der Waals surface area contributed by atoms with Crippen LogP contribution in [0.2, 0.25) is 0 Å². The minimum atomic E-state index is -4.42. The molecule has 0 aliphatic heterocycles. The molecule has 212 valence electrons. The monoisotopic (exact) mass is 554 g/mol. The van der Waals surface area contributed by atoms with Gasteiger partial charge in [0, 0.05) is 32.2 Å². The molecule has 0 spiro atoms. The number of aliphatic imine (C=N–C) groups is 1. The molecule has 0 aliphatic rings. The van der Waals surface area contributed by atoms with Crippen molar-refractivity contribution in [2.24, 2.45) is 10.7 Å². The van der Waals surface area contributed by atoms with Crippen LogP contribution in [0, 0.1) is 6.92 Å². The van der Waals surface area contributed by atoms with E-state index in [1.54, 1.807) is 24.4 Å². The average Bonchev–Trinajstić information content (AvgIpc) is 2.91. The van der Waals surface area contributed by atoms with Crippen LogP contribution in [-0.2, 0) is 12.7 Å². The summed E-state index contributed by atoms with van der Waals surface area (Å²) in [4.78, 5) is 30.3. The maximum absolute atomic E-state index is 12.8. The summed E-state index contributed by atoms with van der Waals surface area (Å²) in [5.74, 6) is 0.174. The summed E-state index contributed by atoms with van der Waals surface area (Å²) in [5.41, 5.74) is 8.64. The van der Waals surface area contributed by atoms with E-state index in [0.29, 0.717) is 40.7 Å². The molecule has 40 heavy (non-hydrogen) atoms. The van der Waals surface area contributed by atoms with E-state index in [2.05, 4.69) is 37.1 Å². The van der Waals surface area contributed by atoms with Gasteiger partial charge in [-0.3, -0.25) is 4.79 Å². The number of alkyl halides is 3. The lowest BCUT2D eigenvalue weighted by molar-refractivity contribution is -0.137. The second-order valence-corrected chi connectivity index (χ2v) is 9.38. The summed E-state index contributed by atoms with van der Waals surface area (Å²) >= 11 is 0. The van der Waals surface area contributed by atoms with E-state index in [1.165, 1.54) is 18.3 Å². The predicted octanol–water partition coefficient (Wildman–Crippen LogP) is 4.32. The molecule has 0 aliphatic carbocycles. The number of carbonyl (C=O) groups is 1. The Kier molecular flexibility index (Phi) is 9.83. The number of benzene rings is 2. The summed E-state index contributed by atoms with van der Waals surface area (Å²) in [6.45, 7) is 7.08. The van der Waals surface area contributed by atoms with Gasteiger partial charge in [-0.2, -0.15) is 13.2 Å². The molecule has 0 bridgehead atoms. The number of nitrogens with two attached hydrogens (primary N) is 1. The summed E-state index contributed by atoms with van der Waals surface area (Å²) in [6, 6.07) is 9.60. The van der Waals surface area contributed by atoms with Crippen molar-refractivity contribution in [2.45, 2.75) is 19.6 Å². The number of anilines is 2. The van der Waals surface area contributed by atoms with E-state index in [9.17, 15) is 18.0 Å². The number of halogens is 3. The highest BCUT2D eigenvalue weighted by Crippen LogP contribution is 2.29. The number of rotatable bonds is 11. The molecular weight excluding hydrogens is 521 g/mol. The lowest BCUT2D eigenvalue weighted by atomic mass is 10.1. The van der Waals surface area contributed by atoms with Crippen LogP contribution in [0.1, 0.15) is 32.7 Å². The van der Waals surface area contributed by atoms with E-state index in [1.807, 2.05) is 33.0 Å². The van der Waals surface area contributed by atoms with Crippen molar-refractivity contribution in [3.8, 4) is 0 Å². The fourth-order valence-corrected chi connectivity index (χ4v) is 3.57. The number of hydrogen-bond acceptors (Lipinski definition) is 7. The second-order valence-electron chi connectivity index (χ2n) is 9.38. The Morgan fingerprint density at radius 3 is 2.45 bits per heavy atom. The van der Waals surface area contributed by atoms with E-state index >= 15 is 0 Å². The quantitative estimate of drug-likeness (QED) is 0.239. The van der Waals surface area contributed by atoms with E-state index in [4.69, 9.17) is 5.73 Å². The minimum absolute atomic E-state index is 0.0627. The van der Waals surface area contributed by atoms with Crippen LogP contribution in [0.25, 0.3) is 0 Å².